The summed E-state index contributed by atoms with van der Waals surface area (Å²) in [5, 5.41) is 5.87. The first-order valence-corrected chi connectivity index (χ1v) is 8.77. The Morgan fingerprint density at radius 2 is 2.00 bits per heavy atom. The SMILES string of the molecule is CNCCCC(=O)Nc1cccc(C(=O)N2CCSCC2)c1.Cl. The van der Waals surface area contributed by atoms with Crippen molar-refractivity contribution in [3.05, 3.63) is 29.8 Å². The van der Waals surface area contributed by atoms with Gasteiger partial charge in [0.05, 0.1) is 0 Å². The van der Waals surface area contributed by atoms with Crippen LogP contribution in [0.4, 0.5) is 5.69 Å². The van der Waals surface area contributed by atoms with E-state index in [9.17, 15) is 9.59 Å². The Morgan fingerprint density at radius 1 is 1.26 bits per heavy atom. The molecule has 23 heavy (non-hydrogen) atoms. The Bertz CT molecular complexity index is 522. The number of rotatable bonds is 6. The fourth-order valence-electron chi connectivity index (χ4n) is 2.33. The van der Waals surface area contributed by atoms with Crippen molar-refractivity contribution in [3.63, 3.8) is 0 Å². The maximum Gasteiger partial charge on any atom is 0.253 e. The van der Waals surface area contributed by atoms with Gasteiger partial charge in [0, 0.05) is 42.3 Å². The number of anilines is 1. The van der Waals surface area contributed by atoms with Crippen LogP contribution in [0.15, 0.2) is 24.3 Å². The van der Waals surface area contributed by atoms with Gasteiger partial charge in [0.15, 0.2) is 0 Å². The first-order valence-electron chi connectivity index (χ1n) is 7.62. The predicted molar refractivity (Wildman–Crippen MR) is 98.7 cm³/mol. The molecule has 1 aliphatic heterocycles. The van der Waals surface area contributed by atoms with E-state index in [-0.39, 0.29) is 24.2 Å². The Kier molecular flexibility index (Phi) is 9.06. The Morgan fingerprint density at radius 3 is 2.70 bits per heavy atom. The molecule has 1 aromatic carbocycles. The lowest BCUT2D eigenvalue weighted by Gasteiger charge is -2.26. The molecule has 0 radical (unpaired) electrons. The third kappa shape index (κ3) is 6.41. The molecule has 1 fully saturated rings. The number of nitrogens with one attached hydrogen (secondary N) is 2. The van der Waals surface area contributed by atoms with Crippen LogP contribution in [0, 0.1) is 0 Å². The number of carbonyl (C=O) groups excluding carboxylic acids is 2. The highest BCUT2D eigenvalue weighted by Gasteiger charge is 2.18. The van der Waals surface area contributed by atoms with E-state index >= 15 is 0 Å². The molecule has 1 saturated heterocycles. The summed E-state index contributed by atoms with van der Waals surface area (Å²) in [5.74, 6) is 2.02. The van der Waals surface area contributed by atoms with Gasteiger partial charge in [0.1, 0.15) is 0 Å². The molecular formula is C16H24ClN3O2S. The number of hydrogen-bond donors (Lipinski definition) is 2. The van der Waals surface area contributed by atoms with Gasteiger partial charge in [-0.05, 0) is 38.2 Å². The normalized spacial score (nSPS) is 14.0. The van der Waals surface area contributed by atoms with Gasteiger partial charge in [-0.25, -0.2) is 0 Å². The van der Waals surface area contributed by atoms with Crippen LogP contribution in [-0.4, -0.2) is 54.9 Å². The molecule has 0 atom stereocenters. The predicted octanol–water partition coefficient (Wildman–Crippen LogP) is 2.24. The summed E-state index contributed by atoms with van der Waals surface area (Å²) in [6.07, 6.45) is 1.27. The van der Waals surface area contributed by atoms with Crippen LogP contribution in [-0.2, 0) is 4.79 Å². The lowest BCUT2D eigenvalue weighted by atomic mass is 10.1. The first kappa shape index (κ1) is 19.8. The van der Waals surface area contributed by atoms with Gasteiger partial charge in [-0.1, -0.05) is 6.07 Å². The summed E-state index contributed by atoms with van der Waals surface area (Å²) in [5.41, 5.74) is 1.33. The molecule has 0 bridgehead atoms. The van der Waals surface area contributed by atoms with Crippen molar-refractivity contribution in [1.29, 1.82) is 0 Å². The molecule has 0 aromatic heterocycles. The molecule has 5 nitrogen and oxygen atoms in total. The summed E-state index contributed by atoms with van der Waals surface area (Å²) in [4.78, 5) is 26.2. The van der Waals surface area contributed by atoms with Crippen molar-refractivity contribution >= 4 is 41.7 Å². The Hall–Kier alpha value is -1.24. The van der Waals surface area contributed by atoms with Crippen molar-refractivity contribution in [3.8, 4) is 0 Å². The van der Waals surface area contributed by atoms with Crippen LogP contribution >= 0.6 is 24.2 Å². The number of amides is 2. The van der Waals surface area contributed by atoms with E-state index in [0.717, 1.165) is 37.6 Å². The maximum atomic E-state index is 12.4. The van der Waals surface area contributed by atoms with E-state index in [0.29, 0.717) is 17.7 Å². The number of halogens is 1. The molecule has 2 rings (SSSR count). The molecule has 0 aliphatic carbocycles. The molecule has 128 valence electrons. The first-order chi connectivity index (χ1) is 10.7. The molecule has 1 aromatic rings. The van der Waals surface area contributed by atoms with E-state index in [1.807, 2.05) is 35.8 Å². The summed E-state index contributed by atoms with van der Waals surface area (Å²) in [6, 6.07) is 7.20. The third-order valence-electron chi connectivity index (χ3n) is 3.52. The Labute approximate surface area is 148 Å². The van der Waals surface area contributed by atoms with Crippen LogP contribution in [0.5, 0.6) is 0 Å². The number of benzene rings is 1. The monoisotopic (exact) mass is 357 g/mol. The van der Waals surface area contributed by atoms with Crippen LogP contribution in [0.3, 0.4) is 0 Å². The fourth-order valence-corrected chi connectivity index (χ4v) is 3.23. The zero-order chi connectivity index (χ0) is 15.8. The second-order valence-electron chi connectivity index (χ2n) is 5.24. The molecule has 2 N–H and O–H groups in total. The summed E-state index contributed by atoms with van der Waals surface area (Å²) < 4.78 is 0. The van der Waals surface area contributed by atoms with E-state index in [1.165, 1.54) is 0 Å². The highest BCUT2D eigenvalue weighted by molar-refractivity contribution is 7.99. The molecule has 1 heterocycles. The van der Waals surface area contributed by atoms with Crippen LogP contribution in [0.1, 0.15) is 23.2 Å². The summed E-state index contributed by atoms with van der Waals surface area (Å²) in [6.45, 7) is 2.41. The molecule has 0 spiro atoms. The zero-order valence-electron chi connectivity index (χ0n) is 13.3. The number of thioether (sulfide) groups is 1. The lowest BCUT2D eigenvalue weighted by Crippen LogP contribution is -2.37. The van der Waals surface area contributed by atoms with Crippen molar-refractivity contribution < 1.29 is 9.59 Å². The molecule has 7 heteroatoms. The fraction of sp³-hybridized carbons (Fsp3) is 0.500. The highest BCUT2D eigenvalue weighted by Crippen LogP contribution is 2.16. The molecule has 2 amide bonds. The van der Waals surface area contributed by atoms with E-state index < -0.39 is 0 Å². The van der Waals surface area contributed by atoms with Crippen molar-refractivity contribution in [2.45, 2.75) is 12.8 Å². The van der Waals surface area contributed by atoms with Crippen LogP contribution in [0.2, 0.25) is 0 Å². The average molecular weight is 358 g/mol. The lowest BCUT2D eigenvalue weighted by molar-refractivity contribution is -0.116. The number of nitrogens with zero attached hydrogens (tertiary/aromatic N) is 1. The van der Waals surface area contributed by atoms with E-state index in [4.69, 9.17) is 0 Å². The second-order valence-corrected chi connectivity index (χ2v) is 6.47. The average Bonchev–Trinajstić information content (AvgIpc) is 2.55. The second kappa shape index (κ2) is 10.5. The maximum absolute atomic E-state index is 12.4. The van der Waals surface area contributed by atoms with Gasteiger partial charge in [-0.3, -0.25) is 9.59 Å². The van der Waals surface area contributed by atoms with Crippen molar-refractivity contribution in [2.75, 3.05) is 43.5 Å². The van der Waals surface area contributed by atoms with Crippen molar-refractivity contribution in [2.24, 2.45) is 0 Å². The number of hydrogen-bond acceptors (Lipinski definition) is 4. The summed E-state index contributed by atoms with van der Waals surface area (Å²) >= 11 is 1.88. The minimum Gasteiger partial charge on any atom is -0.337 e. The minimum absolute atomic E-state index is 0. The van der Waals surface area contributed by atoms with Crippen LogP contribution in [0.25, 0.3) is 0 Å². The van der Waals surface area contributed by atoms with E-state index in [1.54, 1.807) is 12.1 Å². The smallest absolute Gasteiger partial charge is 0.253 e. The minimum atomic E-state index is -0.0192. The van der Waals surface area contributed by atoms with Gasteiger partial charge in [0.2, 0.25) is 5.91 Å². The van der Waals surface area contributed by atoms with Crippen molar-refractivity contribution in [1.82, 2.24) is 10.2 Å². The zero-order valence-corrected chi connectivity index (χ0v) is 15.0. The topological polar surface area (TPSA) is 61.4 Å². The van der Waals surface area contributed by atoms with E-state index in [2.05, 4.69) is 10.6 Å². The van der Waals surface area contributed by atoms with Gasteiger partial charge in [-0.15, -0.1) is 12.4 Å². The molecule has 0 saturated carbocycles. The molecule has 1 aliphatic rings. The number of carbonyl (C=O) groups is 2. The largest absolute Gasteiger partial charge is 0.337 e. The van der Waals surface area contributed by atoms with Crippen LogP contribution < -0.4 is 10.6 Å². The van der Waals surface area contributed by atoms with Gasteiger partial charge in [-0.2, -0.15) is 11.8 Å². The van der Waals surface area contributed by atoms with Gasteiger partial charge in [0.25, 0.3) is 5.91 Å². The molecular weight excluding hydrogens is 334 g/mol. The Balaban J connectivity index is 0.00000264. The van der Waals surface area contributed by atoms with Gasteiger partial charge >= 0.3 is 0 Å². The standard InChI is InChI=1S/C16H23N3O2S.ClH/c1-17-7-3-6-15(20)18-14-5-2-4-13(12-14)16(21)19-8-10-22-11-9-19;/h2,4-5,12,17H,3,6-11H2,1H3,(H,18,20);1H. The third-order valence-corrected chi connectivity index (χ3v) is 4.46. The summed E-state index contributed by atoms with van der Waals surface area (Å²) in [7, 11) is 1.87. The highest BCUT2D eigenvalue weighted by atomic mass is 35.5. The molecule has 0 unspecified atom stereocenters. The van der Waals surface area contributed by atoms with Gasteiger partial charge < -0.3 is 15.5 Å². The quantitative estimate of drug-likeness (QED) is 0.766.